The summed E-state index contributed by atoms with van der Waals surface area (Å²) in [4.78, 5) is 24.9. The van der Waals surface area contributed by atoms with Gasteiger partial charge in [-0.2, -0.15) is 5.10 Å². The fourth-order valence-electron chi connectivity index (χ4n) is 4.64. The number of nitrogens with zero attached hydrogens (tertiary/aromatic N) is 1. The zero-order valence-corrected chi connectivity index (χ0v) is 19.0. The summed E-state index contributed by atoms with van der Waals surface area (Å²) in [5, 5.41) is 7.46. The van der Waals surface area contributed by atoms with Gasteiger partial charge in [-0.25, -0.2) is 5.43 Å². The highest BCUT2D eigenvalue weighted by atomic mass is 16.2. The summed E-state index contributed by atoms with van der Waals surface area (Å²) >= 11 is 0. The second kappa shape index (κ2) is 13.3. The van der Waals surface area contributed by atoms with Crippen molar-refractivity contribution in [1.82, 2.24) is 5.43 Å². The number of benzene rings is 1. The van der Waals surface area contributed by atoms with Crippen LogP contribution in [-0.2, 0) is 4.79 Å². The maximum absolute atomic E-state index is 12.5. The molecule has 5 nitrogen and oxygen atoms in total. The Morgan fingerprint density at radius 1 is 0.710 bits per heavy atom. The van der Waals surface area contributed by atoms with Crippen LogP contribution in [0.15, 0.2) is 29.4 Å². The van der Waals surface area contributed by atoms with Gasteiger partial charge in [-0.3, -0.25) is 9.59 Å². The van der Waals surface area contributed by atoms with Crippen molar-refractivity contribution in [2.75, 3.05) is 5.32 Å². The molecule has 0 aromatic heterocycles. The largest absolute Gasteiger partial charge is 0.326 e. The zero-order chi connectivity index (χ0) is 21.7. The Balaban J connectivity index is 1.49. The van der Waals surface area contributed by atoms with E-state index in [1.807, 2.05) is 0 Å². The minimum absolute atomic E-state index is 0.103. The molecule has 170 valence electrons. The Morgan fingerprint density at radius 3 is 1.81 bits per heavy atom. The van der Waals surface area contributed by atoms with Crippen LogP contribution in [0.3, 0.4) is 0 Å². The molecule has 2 fully saturated rings. The van der Waals surface area contributed by atoms with Crippen molar-refractivity contribution in [3.8, 4) is 0 Å². The molecule has 0 unspecified atom stereocenters. The van der Waals surface area contributed by atoms with Crippen LogP contribution in [0.1, 0.15) is 113 Å². The van der Waals surface area contributed by atoms with E-state index in [-0.39, 0.29) is 17.7 Å². The fourth-order valence-corrected chi connectivity index (χ4v) is 4.64. The first kappa shape index (κ1) is 23.5. The Hall–Kier alpha value is -2.17. The number of anilines is 1. The summed E-state index contributed by atoms with van der Waals surface area (Å²) in [5.74, 6) is 0.0353. The molecule has 31 heavy (non-hydrogen) atoms. The van der Waals surface area contributed by atoms with E-state index < -0.39 is 0 Å². The third-order valence-corrected chi connectivity index (χ3v) is 6.64. The highest BCUT2D eigenvalue weighted by molar-refractivity contribution is 5.97. The normalized spacial score (nSPS) is 19.5. The van der Waals surface area contributed by atoms with E-state index in [2.05, 4.69) is 15.8 Å². The Morgan fingerprint density at radius 2 is 1.23 bits per heavy atom. The number of carbonyl (C=O) groups excluding carboxylic acids is 2. The van der Waals surface area contributed by atoms with Crippen LogP contribution in [-0.4, -0.2) is 17.5 Å². The first-order valence-electron chi connectivity index (χ1n) is 12.5. The molecule has 0 saturated heterocycles. The smallest absolute Gasteiger partial charge is 0.271 e. The molecule has 2 aliphatic rings. The summed E-state index contributed by atoms with van der Waals surface area (Å²) in [5.41, 5.74) is 5.18. The second-order valence-electron chi connectivity index (χ2n) is 9.20. The molecule has 2 aliphatic carbocycles. The predicted octanol–water partition coefficient (Wildman–Crippen LogP) is 6.60. The van der Waals surface area contributed by atoms with Gasteiger partial charge in [0.2, 0.25) is 5.91 Å². The highest BCUT2D eigenvalue weighted by Crippen LogP contribution is 2.25. The molecule has 2 saturated carbocycles. The summed E-state index contributed by atoms with van der Waals surface area (Å²) in [6, 6.07) is 7.12. The SMILES string of the molecule is O=C(NN=C1CCCCCCCCCCC1)c1ccc(NC(=O)C2CCCCC2)cc1. The molecule has 0 spiro atoms. The standard InChI is InChI=1S/C26H39N3O2/c30-25(21-13-9-8-10-14-21)27-23-19-17-22(18-20-23)26(31)29-28-24-15-11-6-4-2-1-3-5-7-12-16-24/h17-21H,1-16H2,(H,27,30)(H,29,31). The summed E-state index contributed by atoms with van der Waals surface area (Å²) in [6.45, 7) is 0. The number of rotatable bonds is 4. The van der Waals surface area contributed by atoms with E-state index in [4.69, 9.17) is 0 Å². The van der Waals surface area contributed by atoms with Crippen molar-refractivity contribution >= 4 is 23.2 Å². The molecule has 2 amide bonds. The van der Waals surface area contributed by atoms with Gasteiger partial charge in [-0.1, -0.05) is 64.2 Å². The van der Waals surface area contributed by atoms with Crippen LogP contribution in [0.25, 0.3) is 0 Å². The molecule has 3 rings (SSSR count). The van der Waals surface area contributed by atoms with Gasteiger partial charge in [0.15, 0.2) is 0 Å². The van der Waals surface area contributed by atoms with Crippen molar-refractivity contribution in [2.45, 2.75) is 103 Å². The van der Waals surface area contributed by atoms with Crippen molar-refractivity contribution < 1.29 is 9.59 Å². The lowest BCUT2D eigenvalue weighted by Crippen LogP contribution is -2.24. The number of hydrogen-bond donors (Lipinski definition) is 2. The lowest BCUT2D eigenvalue weighted by Gasteiger charge is -2.20. The second-order valence-corrected chi connectivity index (χ2v) is 9.20. The lowest BCUT2D eigenvalue weighted by molar-refractivity contribution is -0.120. The number of carbonyl (C=O) groups is 2. The maximum Gasteiger partial charge on any atom is 0.271 e. The summed E-state index contributed by atoms with van der Waals surface area (Å²) in [7, 11) is 0. The Labute approximate surface area is 187 Å². The molecule has 1 aromatic rings. The number of hydrogen-bond acceptors (Lipinski definition) is 3. The Bertz CT molecular complexity index is 707. The molecule has 1 aromatic carbocycles. The highest BCUT2D eigenvalue weighted by Gasteiger charge is 2.21. The monoisotopic (exact) mass is 425 g/mol. The van der Waals surface area contributed by atoms with Crippen LogP contribution in [0.5, 0.6) is 0 Å². The quantitative estimate of drug-likeness (QED) is 0.534. The predicted molar refractivity (Wildman–Crippen MR) is 127 cm³/mol. The van der Waals surface area contributed by atoms with Crippen LogP contribution in [0.2, 0.25) is 0 Å². The first-order chi connectivity index (χ1) is 15.2. The Kier molecular flexibility index (Phi) is 10.1. The van der Waals surface area contributed by atoms with E-state index in [1.54, 1.807) is 24.3 Å². The van der Waals surface area contributed by atoms with Crippen LogP contribution in [0, 0.1) is 5.92 Å². The van der Waals surface area contributed by atoms with E-state index in [0.717, 1.165) is 62.8 Å². The number of amides is 2. The molecule has 2 N–H and O–H groups in total. The first-order valence-corrected chi connectivity index (χ1v) is 12.5. The van der Waals surface area contributed by atoms with Crippen LogP contribution >= 0.6 is 0 Å². The van der Waals surface area contributed by atoms with Gasteiger partial charge in [-0.15, -0.1) is 0 Å². The number of hydrazone groups is 1. The average molecular weight is 426 g/mol. The average Bonchev–Trinajstić information content (AvgIpc) is 2.79. The van der Waals surface area contributed by atoms with E-state index in [0.29, 0.717) is 5.56 Å². The van der Waals surface area contributed by atoms with E-state index >= 15 is 0 Å². The third kappa shape index (κ3) is 8.47. The number of nitrogens with one attached hydrogen (secondary N) is 2. The molecule has 0 atom stereocenters. The van der Waals surface area contributed by atoms with Gasteiger partial charge < -0.3 is 5.32 Å². The van der Waals surface area contributed by atoms with Gasteiger partial charge in [0.1, 0.15) is 0 Å². The van der Waals surface area contributed by atoms with Crippen molar-refractivity contribution in [3.63, 3.8) is 0 Å². The van der Waals surface area contributed by atoms with Crippen molar-refractivity contribution in [3.05, 3.63) is 29.8 Å². The van der Waals surface area contributed by atoms with Crippen LogP contribution < -0.4 is 10.7 Å². The molecule has 0 aliphatic heterocycles. The topological polar surface area (TPSA) is 70.6 Å². The maximum atomic E-state index is 12.5. The van der Waals surface area contributed by atoms with E-state index in [1.165, 1.54) is 51.4 Å². The molecular formula is C26H39N3O2. The van der Waals surface area contributed by atoms with Gasteiger partial charge >= 0.3 is 0 Å². The minimum atomic E-state index is -0.191. The molecule has 0 heterocycles. The van der Waals surface area contributed by atoms with Gasteiger partial charge in [0.05, 0.1) is 0 Å². The fraction of sp³-hybridized carbons (Fsp3) is 0.654. The van der Waals surface area contributed by atoms with Gasteiger partial charge in [0.25, 0.3) is 5.91 Å². The molecule has 0 radical (unpaired) electrons. The zero-order valence-electron chi connectivity index (χ0n) is 19.0. The van der Waals surface area contributed by atoms with Crippen molar-refractivity contribution in [2.24, 2.45) is 11.0 Å². The third-order valence-electron chi connectivity index (χ3n) is 6.64. The lowest BCUT2D eigenvalue weighted by atomic mass is 9.88. The van der Waals surface area contributed by atoms with Gasteiger partial charge in [0, 0.05) is 22.9 Å². The van der Waals surface area contributed by atoms with Crippen LogP contribution in [0.4, 0.5) is 5.69 Å². The van der Waals surface area contributed by atoms with Gasteiger partial charge in [-0.05, 0) is 62.8 Å². The van der Waals surface area contributed by atoms with Crippen molar-refractivity contribution in [1.29, 1.82) is 0 Å². The molecule has 0 bridgehead atoms. The summed E-state index contributed by atoms with van der Waals surface area (Å²) < 4.78 is 0. The minimum Gasteiger partial charge on any atom is -0.326 e. The summed E-state index contributed by atoms with van der Waals surface area (Å²) in [6.07, 6.45) is 18.9. The molecular weight excluding hydrogens is 386 g/mol. The molecule has 5 heteroatoms. The van der Waals surface area contributed by atoms with E-state index in [9.17, 15) is 9.59 Å².